The van der Waals surface area contributed by atoms with E-state index in [2.05, 4.69) is 20.2 Å². The van der Waals surface area contributed by atoms with Crippen molar-refractivity contribution in [1.82, 2.24) is 15.3 Å². The summed E-state index contributed by atoms with van der Waals surface area (Å²) < 4.78 is 24.8. The number of nitrogens with zero attached hydrogens (tertiary/aromatic N) is 3. The number of rotatable bonds is 6. The summed E-state index contributed by atoms with van der Waals surface area (Å²) in [7, 11) is 1.87. The molecule has 4 rings (SSSR count). The molecule has 2 aromatic rings. The largest absolute Gasteiger partial charge is 0.772 e. The molecule has 0 amide bonds. The first-order valence-electron chi connectivity index (χ1n) is 10.9. The van der Waals surface area contributed by atoms with E-state index in [4.69, 9.17) is 27.0 Å². The van der Waals surface area contributed by atoms with Gasteiger partial charge in [-0.05, 0) is 36.6 Å². The molecule has 3 unspecified atom stereocenters. The smallest absolute Gasteiger partial charge is 0.243 e. The van der Waals surface area contributed by atoms with Crippen LogP contribution in [0.2, 0.25) is 0 Å². The molecule has 2 heterocycles. The molecule has 0 spiro atoms. The van der Waals surface area contributed by atoms with Crippen LogP contribution < -0.4 is 21.7 Å². The highest BCUT2D eigenvalue weighted by atomic mass is 32.2. The Balaban J connectivity index is -0.00000107. The SMILES string of the molecule is CC(C)S(=O)[O-].CNCc1ccc(C(=N)OC(=N)c2nc(N3CC4C(N)[C@H]4C3)cnc2N)cc1.[HH].[HH].[HH].[HH].[HH]. The summed E-state index contributed by atoms with van der Waals surface area (Å²) in [6.07, 6.45) is 1.61. The van der Waals surface area contributed by atoms with Crippen molar-refractivity contribution in [3.05, 3.63) is 47.3 Å². The van der Waals surface area contributed by atoms with Gasteiger partial charge in [-0.1, -0.05) is 37.1 Å². The Labute approximate surface area is 209 Å². The van der Waals surface area contributed by atoms with Crippen LogP contribution >= 0.6 is 0 Å². The number of nitrogens with one attached hydrogen (secondary N) is 3. The lowest BCUT2D eigenvalue weighted by molar-refractivity contribution is 0.528. The van der Waals surface area contributed by atoms with Crippen LogP contribution in [0.1, 0.15) is 37.8 Å². The van der Waals surface area contributed by atoms with E-state index in [1.165, 1.54) is 0 Å². The van der Waals surface area contributed by atoms with Gasteiger partial charge in [0.1, 0.15) is 5.82 Å². The van der Waals surface area contributed by atoms with Crippen molar-refractivity contribution in [2.24, 2.45) is 17.6 Å². The number of hydrogen-bond donors (Lipinski definition) is 5. The number of piperidine rings is 1. The number of anilines is 2. The summed E-state index contributed by atoms with van der Waals surface area (Å²) in [5.41, 5.74) is 13.7. The maximum absolute atomic E-state index is 9.70. The third-order valence-corrected chi connectivity index (χ3v) is 6.54. The Morgan fingerprint density at radius 3 is 2.41 bits per heavy atom. The Morgan fingerprint density at radius 1 is 1.29 bits per heavy atom. The van der Waals surface area contributed by atoms with E-state index in [-0.39, 0.29) is 35.7 Å². The molecule has 4 atom stereocenters. The molecule has 34 heavy (non-hydrogen) atoms. The van der Waals surface area contributed by atoms with Crippen LogP contribution in [-0.2, 0) is 22.4 Å². The van der Waals surface area contributed by atoms with E-state index in [1.807, 2.05) is 19.2 Å². The molecular weight excluding hydrogens is 456 g/mol. The Bertz CT molecular complexity index is 1070. The molecule has 1 aliphatic heterocycles. The zero-order valence-corrected chi connectivity index (χ0v) is 20.3. The third kappa shape index (κ3) is 6.14. The number of fused-ring (bicyclic) bond motifs is 1. The van der Waals surface area contributed by atoms with E-state index >= 15 is 0 Å². The minimum atomic E-state index is -1.87. The van der Waals surface area contributed by atoms with Crippen LogP contribution in [0.15, 0.2) is 30.5 Å². The summed E-state index contributed by atoms with van der Waals surface area (Å²) in [6, 6.07) is 7.68. The van der Waals surface area contributed by atoms with Crippen molar-refractivity contribution in [2.45, 2.75) is 31.7 Å². The number of aromatic nitrogens is 2. The highest BCUT2D eigenvalue weighted by Crippen LogP contribution is 2.44. The maximum atomic E-state index is 9.70. The van der Waals surface area contributed by atoms with E-state index < -0.39 is 11.1 Å². The molecule has 1 aromatic heterocycles. The second kappa shape index (κ2) is 11.0. The quantitative estimate of drug-likeness (QED) is 0.226. The molecule has 1 aromatic carbocycles. The number of nitrogens with two attached hydrogens (primary N) is 2. The Morgan fingerprint density at radius 2 is 1.88 bits per heavy atom. The number of nitrogen functional groups attached to an aromatic ring is 1. The predicted octanol–water partition coefficient (Wildman–Crippen LogP) is 2.04. The number of benzene rings is 1. The second-order valence-electron chi connectivity index (χ2n) is 8.57. The van der Waals surface area contributed by atoms with Crippen molar-refractivity contribution in [3.8, 4) is 0 Å². The van der Waals surface area contributed by atoms with Crippen LogP contribution in [0.5, 0.6) is 0 Å². The summed E-state index contributed by atoms with van der Waals surface area (Å²) in [6.45, 7) is 5.68. The molecular formula is C22H41N8O3S-. The van der Waals surface area contributed by atoms with Gasteiger partial charge in [0.15, 0.2) is 11.5 Å². The molecule has 1 saturated carbocycles. The molecule has 1 aliphatic carbocycles. The molecule has 194 valence electrons. The summed E-state index contributed by atoms with van der Waals surface area (Å²) in [5.74, 6) is 1.35. The Kier molecular flexibility index (Phi) is 8.31. The standard InChI is InChI=1S/C19H24N8O.C3H8O2S.5H2/c1-24-6-10-2-4-11(5-3-10)18(22)28-19(23)16-17(21)25-7-14(26-16)27-8-12-13(9-27)15(12)20;1-3(2)6(4)5;;;;;/h2-5,7,12-13,15,22-24H,6,8-9,20H2,1H3,(H2,21,25);3H,1-2H3,(H,4,5);5*1H/p-1/t12-,13?,15?;;;;;;/m0....../s1. The van der Waals surface area contributed by atoms with Crippen molar-refractivity contribution in [2.75, 3.05) is 30.8 Å². The number of ether oxygens (including phenoxy) is 1. The van der Waals surface area contributed by atoms with Crippen molar-refractivity contribution >= 4 is 34.5 Å². The van der Waals surface area contributed by atoms with Crippen molar-refractivity contribution in [3.63, 3.8) is 0 Å². The van der Waals surface area contributed by atoms with E-state index in [9.17, 15) is 8.76 Å². The van der Waals surface area contributed by atoms with E-state index in [0.717, 1.165) is 25.2 Å². The molecule has 2 fully saturated rings. The fraction of sp³-hybridized carbons (Fsp3) is 0.455. The van der Waals surface area contributed by atoms with Crippen LogP contribution in [0.25, 0.3) is 0 Å². The van der Waals surface area contributed by atoms with Gasteiger partial charge in [-0.15, -0.1) is 0 Å². The molecule has 11 nitrogen and oxygen atoms in total. The first-order valence-corrected chi connectivity index (χ1v) is 12.1. The van der Waals surface area contributed by atoms with Gasteiger partial charge in [0.2, 0.25) is 11.8 Å². The van der Waals surface area contributed by atoms with Gasteiger partial charge in [-0.3, -0.25) is 15.0 Å². The van der Waals surface area contributed by atoms with E-state index in [1.54, 1.807) is 32.2 Å². The highest BCUT2D eigenvalue weighted by molar-refractivity contribution is 7.79. The zero-order chi connectivity index (χ0) is 25.0. The monoisotopic (exact) mass is 497 g/mol. The van der Waals surface area contributed by atoms with Crippen LogP contribution in [0, 0.1) is 22.7 Å². The fourth-order valence-corrected chi connectivity index (χ4v) is 3.66. The van der Waals surface area contributed by atoms with Gasteiger partial charge >= 0.3 is 0 Å². The molecule has 12 heteroatoms. The van der Waals surface area contributed by atoms with Crippen molar-refractivity contribution in [1.29, 1.82) is 10.8 Å². The first-order chi connectivity index (χ1) is 16.1. The summed E-state index contributed by atoms with van der Waals surface area (Å²) >= 11 is -1.87. The highest BCUT2D eigenvalue weighted by Gasteiger charge is 2.53. The van der Waals surface area contributed by atoms with Gasteiger partial charge in [0.05, 0.1) is 6.20 Å². The average molecular weight is 498 g/mol. The van der Waals surface area contributed by atoms with E-state index in [0.29, 0.717) is 29.3 Å². The lowest BCUT2D eigenvalue weighted by Gasteiger charge is -2.20. The zero-order valence-electron chi connectivity index (χ0n) is 19.4. The van der Waals surface area contributed by atoms with Gasteiger partial charge in [0, 0.05) is 43.6 Å². The summed E-state index contributed by atoms with van der Waals surface area (Å²) in [5, 5.41) is 19.2. The number of hydrogen-bond acceptors (Lipinski definition) is 11. The second-order valence-corrected chi connectivity index (χ2v) is 10.0. The third-order valence-electron chi connectivity index (χ3n) is 5.77. The molecule has 1 saturated heterocycles. The Hall–Kier alpha value is -2.93. The van der Waals surface area contributed by atoms with Gasteiger partial charge < -0.3 is 31.0 Å². The molecule has 0 bridgehead atoms. The average Bonchev–Trinajstić information content (AvgIpc) is 3.19. The minimum absolute atomic E-state index is 0. The minimum Gasteiger partial charge on any atom is -0.772 e. The topological polar surface area (TPSA) is 190 Å². The predicted molar refractivity (Wildman–Crippen MR) is 142 cm³/mol. The lowest BCUT2D eigenvalue weighted by Crippen LogP contribution is -2.29. The lowest BCUT2D eigenvalue weighted by atomic mass is 10.1. The maximum Gasteiger partial charge on any atom is 0.243 e. The first kappa shape index (κ1) is 25.7. The normalized spacial score (nSPS) is 21.4. The van der Waals surface area contributed by atoms with Crippen LogP contribution in [0.3, 0.4) is 0 Å². The molecule has 2 aliphatic rings. The summed E-state index contributed by atoms with van der Waals surface area (Å²) in [4.78, 5) is 10.7. The fourth-order valence-electron chi connectivity index (χ4n) is 3.66. The van der Waals surface area contributed by atoms with Gasteiger partial charge in [-0.25, -0.2) is 9.97 Å². The molecule has 7 N–H and O–H groups in total. The van der Waals surface area contributed by atoms with Crippen molar-refractivity contribution < 1.29 is 20.6 Å². The van der Waals surface area contributed by atoms with Crippen LogP contribution in [-0.4, -0.2) is 62.0 Å². The van der Waals surface area contributed by atoms with Crippen LogP contribution in [0.4, 0.5) is 11.6 Å². The molecule has 0 radical (unpaired) electrons. The van der Waals surface area contributed by atoms with Gasteiger partial charge in [-0.2, -0.15) is 0 Å². The van der Waals surface area contributed by atoms with Gasteiger partial charge in [0.25, 0.3) is 0 Å².